The summed E-state index contributed by atoms with van der Waals surface area (Å²) in [5.74, 6) is -0.266. The van der Waals surface area contributed by atoms with Gasteiger partial charge in [0.1, 0.15) is 5.60 Å². The fourth-order valence-electron chi connectivity index (χ4n) is 2.08. The zero-order valence-electron chi connectivity index (χ0n) is 11.3. The summed E-state index contributed by atoms with van der Waals surface area (Å²) in [5.41, 5.74) is -0.200. The Hall–Kier alpha value is -1.36. The van der Waals surface area contributed by atoms with Crippen molar-refractivity contribution < 1.29 is 14.6 Å². The van der Waals surface area contributed by atoms with Crippen LogP contribution < -0.4 is 5.32 Å². The highest BCUT2D eigenvalue weighted by Crippen LogP contribution is 2.24. The van der Waals surface area contributed by atoms with Gasteiger partial charge in [-0.25, -0.2) is 0 Å². The van der Waals surface area contributed by atoms with E-state index in [9.17, 15) is 9.90 Å². The highest BCUT2D eigenvalue weighted by Gasteiger charge is 2.39. The first-order chi connectivity index (χ1) is 9.51. The highest BCUT2D eigenvalue weighted by molar-refractivity contribution is 6.32. The summed E-state index contributed by atoms with van der Waals surface area (Å²) < 4.78 is 5.31. The van der Waals surface area contributed by atoms with Gasteiger partial charge >= 0.3 is 0 Å². The van der Waals surface area contributed by atoms with E-state index >= 15 is 0 Å². The van der Waals surface area contributed by atoms with Gasteiger partial charge in [-0.1, -0.05) is 29.8 Å². The molecule has 0 aromatic heterocycles. The van der Waals surface area contributed by atoms with E-state index in [0.29, 0.717) is 18.1 Å². The van der Waals surface area contributed by atoms with Gasteiger partial charge in [-0.15, -0.1) is 0 Å². The van der Waals surface area contributed by atoms with Gasteiger partial charge in [-0.3, -0.25) is 4.79 Å². The minimum absolute atomic E-state index is 0.180. The Balaban J connectivity index is 1.89. The molecule has 2 rings (SSSR count). The van der Waals surface area contributed by atoms with Crippen LogP contribution in [0, 0.1) is 0 Å². The first-order valence-electron chi connectivity index (χ1n) is 6.56. The van der Waals surface area contributed by atoms with Crippen LogP contribution in [0.2, 0.25) is 5.02 Å². The van der Waals surface area contributed by atoms with Crippen LogP contribution in [0.3, 0.4) is 0 Å². The Morgan fingerprint density at radius 3 is 3.00 bits per heavy atom. The lowest BCUT2D eigenvalue weighted by Crippen LogP contribution is -2.47. The molecule has 108 valence electrons. The third-order valence-corrected chi connectivity index (χ3v) is 3.89. The lowest BCUT2D eigenvalue weighted by atomic mass is 9.97. The Kier molecular flexibility index (Phi) is 4.81. The normalized spacial score (nSPS) is 26.1. The Morgan fingerprint density at radius 1 is 1.60 bits per heavy atom. The van der Waals surface area contributed by atoms with Crippen LogP contribution in [-0.4, -0.2) is 35.9 Å². The lowest BCUT2D eigenvalue weighted by molar-refractivity contribution is -0.118. The summed E-state index contributed by atoms with van der Waals surface area (Å²) in [4.78, 5) is 11.7. The fraction of sp³-hybridized carbons (Fsp3) is 0.400. The van der Waals surface area contributed by atoms with Crippen LogP contribution in [0.4, 0.5) is 0 Å². The van der Waals surface area contributed by atoms with Gasteiger partial charge in [0.2, 0.25) is 5.91 Å². The molecule has 0 spiro atoms. The van der Waals surface area contributed by atoms with Gasteiger partial charge in [0.05, 0.1) is 6.10 Å². The van der Waals surface area contributed by atoms with E-state index in [0.717, 1.165) is 5.56 Å². The van der Waals surface area contributed by atoms with Crippen LogP contribution in [-0.2, 0) is 9.53 Å². The number of rotatable bonds is 4. The average molecular weight is 296 g/mol. The van der Waals surface area contributed by atoms with Crippen LogP contribution in [0.15, 0.2) is 30.3 Å². The molecule has 5 heteroatoms. The second kappa shape index (κ2) is 6.39. The van der Waals surface area contributed by atoms with Crippen molar-refractivity contribution in [2.24, 2.45) is 0 Å². The molecule has 1 saturated heterocycles. The first kappa shape index (κ1) is 15.0. The van der Waals surface area contributed by atoms with E-state index in [1.807, 2.05) is 18.2 Å². The van der Waals surface area contributed by atoms with Crippen molar-refractivity contribution in [3.8, 4) is 0 Å². The van der Waals surface area contributed by atoms with Gasteiger partial charge in [0.15, 0.2) is 0 Å². The topological polar surface area (TPSA) is 58.6 Å². The molecule has 1 fully saturated rings. The minimum atomic E-state index is -0.978. The largest absolute Gasteiger partial charge is 0.385 e. The molecule has 1 aliphatic heterocycles. The number of hydrogen-bond donors (Lipinski definition) is 2. The fourth-order valence-corrected chi connectivity index (χ4v) is 2.28. The molecule has 2 N–H and O–H groups in total. The van der Waals surface area contributed by atoms with Gasteiger partial charge < -0.3 is 15.2 Å². The van der Waals surface area contributed by atoms with Crippen molar-refractivity contribution in [3.63, 3.8) is 0 Å². The van der Waals surface area contributed by atoms with E-state index in [2.05, 4.69) is 5.32 Å². The SMILES string of the molecule is CC1OCCC1(O)CNC(=O)/C=C/c1ccccc1Cl. The lowest BCUT2D eigenvalue weighted by Gasteiger charge is -2.25. The molecule has 2 unspecified atom stereocenters. The molecular formula is C15H18ClNO3. The third kappa shape index (κ3) is 3.60. The van der Waals surface area contributed by atoms with E-state index in [1.54, 1.807) is 19.1 Å². The Bertz CT molecular complexity index is 518. The summed E-state index contributed by atoms with van der Waals surface area (Å²) >= 11 is 5.99. The van der Waals surface area contributed by atoms with E-state index in [1.165, 1.54) is 6.08 Å². The molecule has 20 heavy (non-hydrogen) atoms. The van der Waals surface area contributed by atoms with Crippen LogP contribution in [0.5, 0.6) is 0 Å². The summed E-state index contributed by atoms with van der Waals surface area (Å²) in [5, 5.41) is 13.5. The predicted octanol–water partition coefficient (Wildman–Crippen LogP) is 2.01. The molecule has 0 radical (unpaired) electrons. The van der Waals surface area contributed by atoms with Crippen LogP contribution in [0.1, 0.15) is 18.9 Å². The van der Waals surface area contributed by atoms with Crippen molar-refractivity contribution in [1.29, 1.82) is 0 Å². The number of amides is 1. The number of benzene rings is 1. The highest BCUT2D eigenvalue weighted by atomic mass is 35.5. The molecule has 0 saturated carbocycles. The Morgan fingerprint density at radius 2 is 2.35 bits per heavy atom. The summed E-state index contributed by atoms with van der Waals surface area (Å²) in [6, 6.07) is 7.27. The number of carbonyl (C=O) groups is 1. The van der Waals surface area contributed by atoms with Crippen molar-refractivity contribution in [2.45, 2.75) is 25.0 Å². The first-order valence-corrected chi connectivity index (χ1v) is 6.93. The van der Waals surface area contributed by atoms with Gasteiger partial charge in [-0.2, -0.15) is 0 Å². The molecular weight excluding hydrogens is 278 g/mol. The number of carbonyl (C=O) groups excluding carboxylic acids is 1. The third-order valence-electron chi connectivity index (χ3n) is 3.55. The van der Waals surface area contributed by atoms with Crippen LogP contribution in [0.25, 0.3) is 6.08 Å². The molecule has 1 amide bonds. The molecule has 0 bridgehead atoms. The smallest absolute Gasteiger partial charge is 0.244 e. The van der Waals surface area contributed by atoms with Gasteiger partial charge in [0, 0.05) is 30.7 Å². The zero-order valence-corrected chi connectivity index (χ0v) is 12.1. The van der Waals surface area contributed by atoms with Crippen molar-refractivity contribution >= 4 is 23.6 Å². The van der Waals surface area contributed by atoms with Crippen molar-refractivity contribution in [3.05, 3.63) is 40.9 Å². The second-order valence-corrected chi connectivity index (χ2v) is 5.35. The molecule has 1 aromatic carbocycles. The van der Waals surface area contributed by atoms with E-state index in [-0.39, 0.29) is 18.6 Å². The molecule has 1 aromatic rings. The summed E-state index contributed by atoms with van der Waals surface area (Å²) in [6.45, 7) is 2.50. The Labute approximate surface area is 123 Å². The molecule has 0 aliphatic carbocycles. The molecule has 1 aliphatic rings. The van der Waals surface area contributed by atoms with Gasteiger partial charge in [0.25, 0.3) is 0 Å². The zero-order chi connectivity index (χ0) is 14.6. The number of hydrogen-bond acceptors (Lipinski definition) is 3. The molecule has 4 nitrogen and oxygen atoms in total. The van der Waals surface area contributed by atoms with E-state index < -0.39 is 5.60 Å². The quantitative estimate of drug-likeness (QED) is 0.836. The second-order valence-electron chi connectivity index (χ2n) is 4.94. The average Bonchev–Trinajstić information content (AvgIpc) is 2.76. The maximum atomic E-state index is 11.7. The number of aliphatic hydroxyl groups is 1. The van der Waals surface area contributed by atoms with Crippen molar-refractivity contribution in [1.82, 2.24) is 5.32 Å². The predicted molar refractivity (Wildman–Crippen MR) is 78.5 cm³/mol. The number of ether oxygens (including phenoxy) is 1. The standard InChI is InChI=1S/C15H18ClNO3/c1-11-15(19,8-9-20-11)10-17-14(18)7-6-12-4-2-3-5-13(12)16/h2-7,11,19H,8-10H2,1H3,(H,17,18)/b7-6+. The number of halogens is 1. The maximum absolute atomic E-state index is 11.7. The number of nitrogens with one attached hydrogen (secondary N) is 1. The minimum Gasteiger partial charge on any atom is -0.385 e. The monoisotopic (exact) mass is 295 g/mol. The molecule has 1 heterocycles. The van der Waals surface area contributed by atoms with Crippen LogP contribution >= 0.6 is 11.6 Å². The van der Waals surface area contributed by atoms with E-state index in [4.69, 9.17) is 16.3 Å². The van der Waals surface area contributed by atoms with Gasteiger partial charge in [-0.05, 0) is 24.6 Å². The summed E-state index contributed by atoms with van der Waals surface area (Å²) in [7, 11) is 0. The maximum Gasteiger partial charge on any atom is 0.244 e. The van der Waals surface area contributed by atoms with Crippen molar-refractivity contribution in [2.75, 3.05) is 13.2 Å². The summed E-state index contributed by atoms with van der Waals surface area (Å²) in [6.07, 6.45) is 3.32. The molecule has 2 atom stereocenters.